The average molecular weight is 453 g/mol. The van der Waals surface area contributed by atoms with Crippen LogP contribution in [0.4, 0.5) is 5.69 Å². The molecule has 0 saturated heterocycles. The molecule has 0 saturated carbocycles. The third-order valence-corrected chi connectivity index (χ3v) is 7.29. The quantitative estimate of drug-likeness (QED) is 0.187. The normalized spacial score (nSPS) is 11.4. The summed E-state index contributed by atoms with van der Waals surface area (Å²) in [6.07, 6.45) is 0. The third kappa shape index (κ3) is 3.15. The van der Waals surface area contributed by atoms with E-state index in [9.17, 15) is 0 Å². The lowest BCUT2D eigenvalue weighted by Crippen LogP contribution is -2.32. The van der Waals surface area contributed by atoms with Gasteiger partial charge < -0.3 is 4.57 Å². The Hall–Kier alpha value is -4.42. The van der Waals surface area contributed by atoms with Crippen molar-refractivity contribution < 1.29 is 4.57 Å². The molecular formula is C32H26N3+. The van der Waals surface area contributed by atoms with Gasteiger partial charge in [0.25, 0.3) is 0 Å². The second kappa shape index (κ2) is 7.82. The Morgan fingerprint density at radius 3 is 2.43 bits per heavy atom. The van der Waals surface area contributed by atoms with Gasteiger partial charge in [-0.2, -0.15) is 4.57 Å². The number of aryl methyl sites for hydroxylation is 3. The van der Waals surface area contributed by atoms with E-state index in [-0.39, 0.29) is 0 Å². The van der Waals surface area contributed by atoms with Crippen molar-refractivity contribution >= 4 is 38.4 Å². The number of benzene rings is 4. The van der Waals surface area contributed by atoms with Crippen molar-refractivity contribution in [2.45, 2.75) is 20.8 Å². The zero-order valence-electron chi connectivity index (χ0n) is 20.4. The predicted octanol–water partition coefficient (Wildman–Crippen LogP) is 7.90. The second-order valence-electron chi connectivity index (χ2n) is 9.41. The van der Waals surface area contributed by atoms with Gasteiger partial charge in [-0.25, -0.2) is 4.85 Å². The summed E-state index contributed by atoms with van der Waals surface area (Å²) in [5.41, 5.74) is 11.4. The molecule has 0 aliphatic rings. The highest BCUT2D eigenvalue weighted by molar-refractivity contribution is 6.13. The minimum absolute atomic E-state index is 0.671. The molecule has 0 fully saturated rings. The molecule has 0 aliphatic carbocycles. The highest BCUT2D eigenvalue weighted by atomic mass is 15.0. The molecular weight excluding hydrogens is 426 g/mol. The Morgan fingerprint density at radius 1 is 0.800 bits per heavy atom. The van der Waals surface area contributed by atoms with Gasteiger partial charge >= 0.3 is 0 Å². The number of pyridine rings is 1. The number of hydrogen-bond donors (Lipinski definition) is 0. The lowest BCUT2D eigenvalue weighted by atomic mass is 9.97. The van der Waals surface area contributed by atoms with Gasteiger partial charge in [-0.15, -0.1) is 0 Å². The smallest absolute Gasteiger partial charge is 0.213 e. The fourth-order valence-corrected chi connectivity index (χ4v) is 5.47. The first-order valence-electron chi connectivity index (χ1n) is 11.9. The molecule has 3 heteroatoms. The molecule has 0 unspecified atom stereocenters. The van der Waals surface area contributed by atoms with E-state index < -0.39 is 0 Å². The van der Waals surface area contributed by atoms with Crippen LogP contribution in [0.15, 0.2) is 84.9 Å². The molecule has 0 bridgehead atoms. The lowest BCUT2D eigenvalue weighted by molar-refractivity contribution is -0.633. The van der Waals surface area contributed by atoms with Gasteiger partial charge in [0.1, 0.15) is 7.05 Å². The number of rotatable bonds is 2. The van der Waals surface area contributed by atoms with E-state index >= 15 is 0 Å². The van der Waals surface area contributed by atoms with Crippen LogP contribution in [0.5, 0.6) is 0 Å². The van der Waals surface area contributed by atoms with Crippen LogP contribution < -0.4 is 4.57 Å². The molecule has 0 amide bonds. The Kier molecular flexibility index (Phi) is 4.72. The number of para-hydroxylation sites is 2. The summed E-state index contributed by atoms with van der Waals surface area (Å²) in [4.78, 5) is 3.85. The van der Waals surface area contributed by atoms with Crippen LogP contribution >= 0.6 is 0 Å². The molecule has 3 nitrogen and oxygen atoms in total. The maximum absolute atomic E-state index is 7.78. The molecule has 6 aromatic rings. The molecule has 0 N–H and O–H groups in total. The van der Waals surface area contributed by atoms with E-state index in [2.05, 4.69) is 115 Å². The van der Waals surface area contributed by atoms with E-state index in [4.69, 9.17) is 6.57 Å². The predicted molar refractivity (Wildman–Crippen MR) is 145 cm³/mol. The Bertz CT molecular complexity index is 1850. The molecule has 6 rings (SSSR count). The van der Waals surface area contributed by atoms with Gasteiger partial charge in [-0.3, -0.25) is 0 Å². The van der Waals surface area contributed by atoms with Crippen molar-refractivity contribution in [3.63, 3.8) is 0 Å². The van der Waals surface area contributed by atoms with E-state index in [0.29, 0.717) is 5.69 Å². The van der Waals surface area contributed by atoms with Crippen LogP contribution in [-0.4, -0.2) is 4.57 Å². The van der Waals surface area contributed by atoms with Crippen molar-refractivity contribution in [3.05, 3.63) is 113 Å². The van der Waals surface area contributed by atoms with E-state index in [1.54, 1.807) is 0 Å². The maximum atomic E-state index is 7.78. The summed E-state index contributed by atoms with van der Waals surface area (Å²) in [5.74, 6) is 0. The van der Waals surface area contributed by atoms with Crippen molar-refractivity contribution in [1.29, 1.82) is 0 Å². The van der Waals surface area contributed by atoms with Crippen LogP contribution in [0.25, 0.3) is 54.5 Å². The maximum Gasteiger partial charge on any atom is 0.213 e. The molecule has 4 aromatic carbocycles. The van der Waals surface area contributed by atoms with Crippen LogP contribution in [0, 0.1) is 27.3 Å². The first kappa shape index (κ1) is 21.1. The van der Waals surface area contributed by atoms with Gasteiger partial charge in [0, 0.05) is 34.2 Å². The lowest BCUT2D eigenvalue weighted by Gasteiger charge is -2.12. The molecule has 2 heterocycles. The first-order chi connectivity index (χ1) is 17.0. The van der Waals surface area contributed by atoms with E-state index in [1.807, 2.05) is 12.1 Å². The Balaban J connectivity index is 1.61. The van der Waals surface area contributed by atoms with Crippen molar-refractivity contribution in [2.75, 3.05) is 0 Å². The molecule has 0 atom stereocenters. The van der Waals surface area contributed by atoms with Crippen molar-refractivity contribution in [3.8, 4) is 16.9 Å². The zero-order valence-corrected chi connectivity index (χ0v) is 20.4. The Morgan fingerprint density at radius 2 is 1.60 bits per heavy atom. The standard InChI is InChI=1S/C32H26N3/c1-20-17-21(2)22(3)27(18-20)30-15-13-23-19-24(14-16-29(23)34(30)5)35-31-12-7-6-9-25(31)26-10-8-11-28(33-4)32(26)35/h6-19H,1-3,5H3/q+1. The summed E-state index contributed by atoms with van der Waals surface area (Å²) in [7, 11) is 2.14. The minimum atomic E-state index is 0.671. The highest BCUT2D eigenvalue weighted by Gasteiger charge is 2.19. The molecule has 0 aliphatic heterocycles. The fraction of sp³-hybridized carbons (Fsp3) is 0.125. The van der Waals surface area contributed by atoms with Crippen LogP contribution in [0.1, 0.15) is 16.7 Å². The molecule has 35 heavy (non-hydrogen) atoms. The monoisotopic (exact) mass is 452 g/mol. The van der Waals surface area contributed by atoms with Gasteiger partial charge in [0.05, 0.1) is 17.6 Å². The molecule has 0 spiro atoms. The van der Waals surface area contributed by atoms with Crippen LogP contribution in [0.2, 0.25) is 0 Å². The summed E-state index contributed by atoms with van der Waals surface area (Å²) in [5, 5.41) is 3.45. The topological polar surface area (TPSA) is 13.2 Å². The second-order valence-corrected chi connectivity index (χ2v) is 9.41. The average Bonchev–Trinajstić information content (AvgIpc) is 3.21. The highest BCUT2D eigenvalue weighted by Crippen LogP contribution is 2.37. The van der Waals surface area contributed by atoms with Crippen LogP contribution in [-0.2, 0) is 7.05 Å². The summed E-state index contributed by atoms with van der Waals surface area (Å²) in [6, 6.07) is 30.0. The molecule has 168 valence electrons. The zero-order chi connectivity index (χ0) is 24.3. The minimum Gasteiger partial charge on any atom is -0.319 e. The summed E-state index contributed by atoms with van der Waals surface area (Å²) < 4.78 is 4.52. The number of hydrogen-bond acceptors (Lipinski definition) is 0. The summed E-state index contributed by atoms with van der Waals surface area (Å²) in [6.45, 7) is 14.3. The first-order valence-corrected chi connectivity index (χ1v) is 11.9. The van der Waals surface area contributed by atoms with Gasteiger partial charge in [-0.1, -0.05) is 48.0 Å². The van der Waals surface area contributed by atoms with Gasteiger partial charge in [0.15, 0.2) is 0 Å². The van der Waals surface area contributed by atoms with Crippen LogP contribution in [0.3, 0.4) is 0 Å². The Labute approximate surface area is 205 Å². The number of aromatic nitrogens is 2. The number of fused-ring (bicyclic) bond motifs is 4. The van der Waals surface area contributed by atoms with Gasteiger partial charge in [-0.05, 0) is 67.6 Å². The molecule has 2 aromatic heterocycles. The van der Waals surface area contributed by atoms with Crippen molar-refractivity contribution in [1.82, 2.24) is 4.57 Å². The fourth-order valence-electron chi connectivity index (χ4n) is 5.47. The largest absolute Gasteiger partial charge is 0.319 e. The van der Waals surface area contributed by atoms with Crippen molar-refractivity contribution in [2.24, 2.45) is 7.05 Å². The SMILES string of the molecule is [C-]#[N+]c1cccc2c3ccccc3n(-c3ccc4c(ccc(-c5cc(C)cc(C)c5C)[n+]4C)c3)c12. The molecule has 0 radical (unpaired) electrons. The van der Waals surface area contributed by atoms with E-state index in [1.165, 1.54) is 44.2 Å². The number of nitrogens with zero attached hydrogens (tertiary/aromatic N) is 3. The van der Waals surface area contributed by atoms with Gasteiger partial charge in [0.2, 0.25) is 16.9 Å². The third-order valence-electron chi connectivity index (χ3n) is 7.29. The van der Waals surface area contributed by atoms with E-state index in [0.717, 1.165) is 22.1 Å². The summed E-state index contributed by atoms with van der Waals surface area (Å²) >= 11 is 0.